The standard InChI is InChI=1S/C10H14N2O2/c1-3-12-9-5-8(6-11-7-9)10(13)14-4-2/h5-7,12H,3-4H2,1-2H3. The average molecular weight is 194 g/mol. The number of esters is 1. The molecule has 0 aliphatic heterocycles. The fraction of sp³-hybridized carbons (Fsp3) is 0.400. The van der Waals surface area contributed by atoms with E-state index in [4.69, 9.17) is 4.74 Å². The van der Waals surface area contributed by atoms with Gasteiger partial charge in [0.05, 0.1) is 17.9 Å². The Morgan fingerprint density at radius 3 is 2.93 bits per heavy atom. The van der Waals surface area contributed by atoms with Crippen LogP contribution in [0.4, 0.5) is 5.69 Å². The van der Waals surface area contributed by atoms with Crippen molar-refractivity contribution in [1.29, 1.82) is 0 Å². The first kappa shape index (κ1) is 10.5. The molecule has 1 aromatic rings. The van der Waals surface area contributed by atoms with E-state index in [2.05, 4.69) is 10.3 Å². The van der Waals surface area contributed by atoms with Gasteiger partial charge in [-0.1, -0.05) is 0 Å². The molecule has 0 saturated carbocycles. The number of nitrogens with zero attached hydrogens (tertiary/aromatic N) is 1. The van der Waals surface area contributed by atoms with Gasteiger partial charge in [0.15, 0.2) is 0 Å². The minimum absolute atomic E-state index is 0.334. The minimum atomic E-state index is -0.334. The molecule has 4 nitrogen and oxygen atoms in total. The fourth-order valence-electron chi connectivity index (χ4n) is 1.07. The van der Waals surface area contributed by atoms with Crippen molar-refractivity contribution >= 4 is 11.7 Å². The Morgan fingerprint density at radius 2 is 2.29 bits per heavy atom. The average Bonchev–Trinajstić information content (AvgIpc) is 2.19. The van der Waals surface area contributed by atoms with Gasteiger partial charge in [-0.3, -0.25) is 4.98 Å². The molecule has 1 N–H and O–H groups in total. The Bertz CT molecular complexity index is 313. The number of rotatable bonds is 4. The highest BCUT2D eigenvalue weighted by atomic mass is 16.5. The van der Waals surface area contributed by atoms with E-state index in [0.717, 1.165) is 12.2 Å². The summed E-state index contributed by atoms with van der Waals surface area (Å²) in [4.78, 5) is 15.3. The second-order valence-corrected chi connectivity index (χ2v) is 2.71. The molecule has 1 aromatic heterocycles. The lowest BCUT2D eigenvalue weighted by atomic mass is 10.2. The molecule has 0 aliphatic rings. The van der Waals surface area contributed by atoms with E-state index >= 15 is 0 Å². The van der Waals surface area contributed by atoms with Crippen LogP contribution in [0.3, 0.4) is 0 Å². The van der Waals surface area contributed by atoms with Gasteiger partial charge in [-0.2, -0.15) is 0 Å². The van der Waals surface area contributed by atoms with Crippen LogP contribution in [0.25, 0.3) is 0 Å². The predicted molar refractivity (Wildman–Crippen MR) is 54.4 cm³/mol. The summed E-state index contributed by atoms with van der Waals surface area (Å²) in [6, 6.07) is 1.73. The number of aromatic nitrogens is 1. The van der Waals surface area contributed by atoms with Gasteiger partial charge >= 0.3 is 5.97 Å². The van der Waals surface area contributed by atoms with Gasteiger partial charge in [0.2, 0.25) is 0 Å². The fourth-order valence-corrected chi connectivity index (χ4v) is 1.07. The van der Waals surface area contributed by atoms with Gasteiger partial charge in [-0.15, -0.1) is 0 Å². The van der Waals surface area contributed by atoms with E-state index in [1.165, 1.54) is 6.20 Å². The van der Waals surface area contributed by atoms with E-state index < -0.39 is 0 Å². The predicted octanol–water partition coefficient (Wildman–Crippen LogP) is 1.69. The highest BCUT2D eigenvalue weighted by molar-refractivity contribution is 5.90. The molecule has 0 atom stereocenters. The molecule has 0 amide bonds. The van der Waals surface area contributed by atoms with Crippen molar-refractivity contribution in [2.24, 2.45) is 0 Å². The lowest BCUT2D eigenvalue weighted by Crippen LogP contribution is -2.06. The second-order valence-electron chi connectivity index (χ2n) is 2.71. The molecule has 0 spiro atoms. The van der Waals surface area contributed by atoms with Crippen LogP contribution < -0.4 is 5.32 Å². The van der Waals surface area contributed by atoms with E-state index in [9.17, 15) is 4.79 Å². The van der Waals surface area contributed by atoms with Crippen molar-refractivity contribution in [3.63, 3.8) is 0 Å². The molecule has 0 saturated heterocycles. The quantitative estimate of drug-likeness (QED) is 0.741. The summed E-state index contributed by atoms with van der Waals surface area (Å²) < 4.78 is 4.85. The summed E-state index contributed by atoms with van der Waals surface area (Å²) in [6.07, 6.45) is 3.17. The summed E-state index contributed by atoms with van der Waals surface area (Å²) in [5, 5.41) is 3.07. The number of nitrogens with one attached hydrogen (secondary N) is 1. The Labute approximate surface area is 83.3 Å². The molecule has 1 rings (SSSR count). The van der Waals surface area contributed by atoms with Crippen LogP contribution in [0.15, 0.2) is 18.5 Å². The molecule has 0 radical (unpaired) electrons. The van der Waals surface area contributed by atoms with Gasteiger partial charge in [0.25, 0.3) is 0 Å². The summed E-state index contributed by atoms with van der Waals surface area (Å²) >= 11 is 0. The number of ether oxygens (including phenoxy) is 1. The van der Waals surface area contributed by atoms with E-state index in [-0.39, 0.29) is 5.97 Å². The van der Waals surface area contributed by atoms with E-state index in [0.29, 0.717) is 12.2 Å². The highest BCUT2D eigenvalue weighted by Gasteiger charge is 2.06. The molecule has 0 fully saturated rings. The summed E-state index contributed by atoms with van der Waals surface area (Å²) in [5.41, 5.74) is 1.31. The van der Waals surface area contributed by atoms with Crippen LogP contribution in [-0.2, 0) is 4.74 Å². The van der Waals surface area contributed by atoms with Crippen molar-refractivity contribution in [1.82, 2.24) is 4.98 Å². The van der Waals surface area contributed by atoms with Crippen LogP contribution in [0.5, 0.6) is 0 Å². The maximum Gasteiger partial charge on any atom is 0.339 e. The van der Waals surface area contributed by atoms with Crippen LogP contribution in [0.1, 0.15) is 24.2 Å². The van der Waals surface area contributed by atoms with Crippen molar-refractivity contribution in [2.45, 2.75) is 13.8 Å². The second kappa shape index (κ2) is 5.21. The van der Waals surface area contributed by atoms with E-state index in [1.807, 2.05) is 6.92 Å². The maximum absolute atomic E-state index is 11.3. The Hall–Kier alpha value is -1.58. The summed E-state index contributed by atoms with van der Waals surface area (Å²) in [6.45, 7) is 4.94. The van der Waals surface area contributed by atoms with Crippen LogP contribution in [0, 0.1) is 0 Å². The molecular weight excluding hydrogens is 180 g/mol. The SMILES string of the molecule is CCNc1cncc(C(=O)OCC)c1. The first-order valence-electron chi connectivity index (χ1n) is 4.64. The van der Waals surface area contributed by atoms with Crippen molar-refractivity contribution < 1.29 is 9.53 Å². The normalized spacial score (nSPS) is 9.57. The first-order valence-corrected chi connectivity index (χ1v) is 4.64. The zero-order valence-corrected chi connectivity index (χ0v) is 8.41. The smallest absolute Gasteiger partial charge is 0.339 e. The van der Waals surface area contributed by atoms with Crippen LogP contribution in [0.2, 0.25) is 0 Å². The third-order valence-corrected chi connectivity index (χ3v) is 1.63. The molecule has 4 heteroatoms. The Morgan fingerprint density at radius 1 is 1.50 bits per heavy atom. The van der Waals surface area contributed by atoms with Gasteiger partial charge < -0.3 is 10.1 Å². The zero-order valence-electron chi connectivity index (χ0n) is 8.41. The number of carbonyl (C=O) groups excluding carboxylic acids is 1. The molecule has 14 heavy (non-hydrogen) atoms. The topological polar surface area (TPSA) is 51.2 Å². The Balaban J connectivity index is 2.77. The number of carbonyl (C=O) groups is 1. The third-order valence-electron chi connectivity index (χ3n) is 1.63. The molecule has 0 bridgehead atoms. The van der Waals surface area contributed by atoms with Crippen molar-refractivity contribution in [3.05, 3.63) is 24.0 Å². The maximum atomic E-state index is 11.3. The number of anilines is 1. The third kappa shape index (κ3) is 2.73. The van der Waals surface area contributed by atoms with Gasteiger partial charge in [0, 0.05) is 18.9 Å². The molecular formula is C10H14N2O2. The van der Waals surface area contributed by atoms with Gasteiger partial charge in [-0.05, 0) is 19.9 Å². The Kier molecular flexibility index (Phi) is 3.91. The minimum Gasteiger partial charge on any atom is -0.462 e. The van der Waals surface area contributed by atoms with Gasteiger partial charge in [0.1, 0.15) is 0 Å². The lowest BCUT2D eigenvalue weighted by Gasteiger charge is -2.04. The lowest BCUT2D eigenvalue weighted by molar-refractivity contribution is 0.0526. The zero-order chi connectivity index (χ0) is 10.4. The highest BCUT2D eigenvalue weighted by Crippen LogP contribution is 2.08. The van der Waals surface area contributed by atoms with Gasteiger partial charge in [-0.25, -0.2) is 4.79 Å². The van der Waals surface area contributed by atoms with Crippen molar-refractivity contribution in [3.8, 4) is 0 Å². The molecule has 1 heterocycles. The summed E-state index contributed by atoms with van der Waals surface area (Å²) in [7, 11) is 0. The monoisotopic (exact) mass is 194 g/mol. The summed E-state index contributed by atoms with van der Waals surface area (Å²) in [5.74, 6) is -0.334. The molecule has 0 aromatic carbocycles. The molecule has 76 valence electrons. The number of hydrogen-bond donors (Lipinski definition) is 1. The van der Waals surface area contributed by atoms with Crippen LogP contribution in [-0.4, -0.2) is 24.1 Å². The van der Waals surface area contributed by atoms with Crippen molar-refractivity contribution in [2.75, 3.05) is 18.5 Å². The number of hydrogen-bond acceptors (Lipinski definition) is 4. The first-order chi connectivity index (χ1) is 6.77. The van der Waals surface area contributed by atoms with E-state index in [1.54, 1.807) is 19.2 Å². The molecule has 0 aliphatic carbocycles. The largest absolute Gasteiger partial charge is 0.462 e. The van der Waals surface area contributed by atoms with Crippen LogP contribution >= 0.6 is 0 Å². The molecule has 0 unspecified atom stereocenters. The number of pyridine rings is 1.